The lowest BCUT2D eigenvalue weighted by molar-refractivity contribution is -0.180. The molecule has 0 heterocycles. The molecule has 32 heavy (non-hydrogen) atoms. The number of carbonyl (C=O) groups is 1. The van der Waals surface area contributed by atoms with Gasteiger partial charge in [-0.1, -0.05) is 60.0 Å². The lowest BCUT2D eigenvalue weighted by atomic mass is 9.46. The zero-order chi connectivity index (χ0) is 23.5. The average Bonchev–Trinajstić information content (AvgIpc) is 3.08. The molecule has 4 aliphatic rings. The summed E-state index contributed by atoms with van der Waals surface area (Å²) in [6.07, 6.45) is 11.6. The standard InChI is InChI=1S/C29H48O3/c1-7-20(18(2)3)9-8-19(4)23-10-11-24-22-16-26(31)29(32)17-21(30)12-15-28(29,6)25(22)13-14-27(23,24)5/h16,18-21,23-25,30,32H,7-15,17H2,1-6H3/t19-,20-,21+,23-,24+,25+,27-,28-,29+/m1/s1. The number of aliphatic hydroxyl groups excluding tert-OH is 1. The molecule has 2 N–H and O–H groups in total. The summed E-state index contributed by atoms with van der Waals surface area (Å²) in [6.45, 7) is 14.2. The van der Waals surface area contributed by atoms with E-state index in [4.69, 9.17) is 0 Å². The Labute approximate surface area is 196 Å². The summed E-state index contributed by atoms with van der Waals surface area (Å²) in [4.78, 5) is 13.3. The van der Waals surface area contributed by atoms with Gasteiger partial charge in [0.05, 0.1) is 6.10 Å². The van der Waals surface area contributed by atoms with E-state index in [1.54, 1.807) is 0 Å². The first kappa shape index (κ1) is 24.5. The minimum absolute atomic E-state index is 0.131. The Bertz CT molecular complexity index is 756. The molecule has 0 amide bonds. The van der Waals surface area contributed by atoms with Crippen LogP contribution in [0.2, 0.25) is 0 Å². The molecular weight excluding hydrogens is 396 g/mol. The van der Waals surface area contributed by atoms with Gasteiger partial charge in [0.2, 0.25) is 0 Å². The van der Waals surface area contributed by atoms with Crippen LogP contribution < -0.4 is 0 Å². The fraction of sp³-hybridized carbons (Fsp3) is 0.897. The van der Waals surface area contributed by atoms with E-state index in [0.717, 1.165) is 36.5 Å². The molecule has 0 aliphatic heterocycles. The Kier molecular flexibility index (Phi) is 6.51. The predicted octanol–water partition coefficient (Wildman–Crippen LogP) is 6.32. The van der Waals surface area contributed by atoms with Gasteiger partial charge in [-0.15, -0.1) is 0 Å². The summed E-state index contributed by atoms with van der Waals surface area (Å²) in [7, 11) is 0. The van der Waals surface area contributed by atoms with Gasteiger partial charge in [0.25, 0.3) is 0 Å². The number of rotatable bonds is 6. The Morgan fingerprint density at radius 1 is 1.03 bits per heavy atom. The molecule has 3 heteroatoms. The highest BCUT2D eigenvalue weighted by Crippen LogP contribution is 2.67. The van der Waals surface area contributed by atoms with Gasteiger partial charge in [-0.2, -0.15) is 0 Å². The number of hydrogen-bond acceptors (Lipinski definition) is 3. The largest absolute Gasteiger partial charge is 0.393 e. The van der Waals surface area contributed by atoms with Gasteiger partial charge in [-0.05, 0) is 91.9 Å². The van der Waals surface area contributed by atoms with Crippen LogP contribution in [-0.4, -0.2) is 27.7 Å². The maximum atomic E-state index is 13.3. The monoisotopic (exact) mass is 444 g/mol. The van der Waals surface area contributed by atoms with Crippen molar-refractivity contribution in [1.82, 2.24) is 0 Å². The summed E-state index contributed by atoms with van der Waals surface area (Å²) < 4.78 is 0. The summed E-state index contributed by atoms with van der Waals surface area (Å²) in [5, 5.41) is 21.7. The van der Waals surface area contributed by atoms with Crippen molar-refractivity contribution >= 4 is 5.78 Å². The number of hydrogen-bond donors (Lipinski definition) is 2. The molecule has 0 saturated heterocycles. The zero-order valence-electron chi connectivity index (χ0n) is 21.5. The van der Waals surface area contributed by atoms with Gasteiger partial charge < -0.3 is 10.2 Å². The molecule has 0 radical (unpaired) electrons. The van der Waals surface area contributed by atoms with Crippen molar-refractivity contribution in [2.45, 2.75) is 117 Å². The lowest BCUT2D eigenvalue weighted by Crippen LogP contribution is -2.64. The van der Waals surface area contributed by atoms with E-state index in [1.807, 2.05) is 6.08 Å². The first-order valence-electron chi connectivity index (χ1n) is 13.6. The molecule has 0 aromatic heterocycles. The van der Waals surface area contributed by atoms with Crippen molar-refractivity contribution in [3.63, 3.8) is 0 Å². The molecule has 0 bridgehead atoms. The van der Waals surface area contributed by atoms with Gasteiger partial charge in [-0.3, -0.25) is 4.79 Å². The van der Waals surface area contributed by atoms with E-state index >= 15 is 0 Å². The van der Waals surface area contributed by atoms with Gasteiger partial charge in [0.1, 0.15) is 5.60 Å². The molecule has 9 atom stereocenters. The summed E-state index contributed by atoms with van der Waals surface area (Å²) in [5.41, 5.74) is -0.175. The van der Waals surface area contributed by atoms with Crippen molar-refractivity contribution in [2.24, 2.45) is 46.3 Å². The minimum Gasteiger partial charge on any atom is -0.393 e. The first-order chi connectivity index (χ1) is 15.0. The van der Waals surface area contributed by atoms with Gasteiger partial charge in [0.15, 0.2) is 5.78 Å². The van der Waals surface area contributed by atoms with Crippen LogP contribution in [0.1, 0.15) is 106 Å². The molecule has 0 unspecified atom stereocenters. The molecule has 3 nitrogen and oxygen atoms in total. The van der Waals surface area contributed by atoms with Gasteiger partial charge in [0, 0.05) is 11.8 Å². The van der Waals surface area contributed by atoms with Crippen LogP contribution in [0.4, 0.5) is 0 Å². The van der Waals surface area contributed by atoms with Crippen molar-refractivity contribution < 1.29 is 15.0 Å². The maximum Gasteiger partial charge on any atom is 0.187 e. The van der Waals surface area contributed by atoms with Crippen LogP contribution in [0.3, 0.4) is 0 Å². The number of fused-ring (bicyclic) bond motifs is 5. The van der Waals surface area contributed by atoms with E-state index in [0.29, 0.717) is 12.3 Å². The first-order valence-corrected chi connectivity index (χ1v) is 13.6. The highest BCUT2D eigenvalue weighted by Gasteiger charge is 2.65. The molecule has 0 aromatic rings. The van der Waals surface area contributed by atoms with Gasteiger partial charge >= 0.3 is 0 Å². The van der Waals surface area contributed by atoms with Crippen molar-refractivity contribution in [3.05, 3.63) is 11.6 Å². The van der Waals surface area contributed by atoms with Crippen molar-refractivity contribution in [2.75, 3.05) is 0 Å². The maximum absolute atomic E-state index is 13.3. The Morgan fingerprint density at radius 2 is 1.75 bits per heavy atom. The average molecular weight is 445 g/mol. The number of aliphatic hydroxyl groups is 2. The van der Waals surface area contributed by atoms with Crippen LogP contribution in [0.25, 0.3) is 0 Å². The normalized spacial score (nSPS) is 45.7. The van der Waals surface area contributed by atoms with Crippen LogP contribution in [0.5, 0.6) is 0 Å². The van der Waals surface area contributed by atoms with Crippen molar-refractivity contribution in [1.29, 1.82) is 0 Å². The second kappa shape index (κ2) is 8.52. The second-order valence-corrected chi connectivity index (χ2v) is 13.0. The predicted molar refractivity (Wildman–Crippen MR) is 130 cm³/mol. The van der Waals surface area contributed by atoms with Crippen LogP contribution in [0, 0.1) is 46.3 Å². The fourth-order valence-corrected chi connectivity index (χ4v) is 9.01. The summed E-state index contributed by atoms with van der Waals surface area (Å²) >= 11 is 0. The topological polar surface area (TPSA) is 57.5 Å². The van der Waals surface area contributed by atoms with E-state index in [1.165, 1.54) is 44.1 Å². The van der Waals surface area contributed by atoms with E-state index in [-0.39, 0.29) is 23.5 Å². The highest BCUT2D eigenvalue weighted by molar-refractivity contribution is 5.99. The molecule has 3 fully saturated rings. The highest BCUT2D eigenvalue weighted by atomic mass is 16.3. The van der Waals surface area contributed by atoms with E-state index in [2.05, 4.69) is 41.5 Å². The third kappa shape index (κ3) is 3.56. The van der Waals surface area contributed by atoms with E-state index < -0.39 is 17.1 Å². The quantitative estimate of drug-likeness (QED) is 0.504. The molecule has 4 aliphatic carbocycles. The Hall–Kier alpha value is -0.670. The molecular formula is C29H48O3. The van der Waals surface area contributed by atoms with Crippen LogP contribution >= 0.6 is 0 Å². The van der Waals surface area contributed by atoms with Crippen molar-refractivity contribution in [3.8, 4) is 0 Å². The summed E-state index contributed by atoms with van der Waals surface area (Å²) in [5.74, 6) is 3.70. The third-order valence-corrected chi connectivity index (χ3v) is 11.3. The molecule has 3 saturated carbocycles. The lowest BCUT2D eigenvalue weighted by Gasteiger charge is -2.60. The molecule has 182 valence electrons. The van der Waals surface area contributed by atoms with Crippen LogP contribution in [-0.2, 0) is 4.79 Å². The fourth-order valence-electron chi connectivity index (χ4n) is 9.01. The van der Waals surface area contributed by atoms with Crippen LogP contribution in [0.15, 0.2) is 11.6 Å². The number of carbonyl (C=O) groups excluding carboxylic acids is 1. The summed E-state index contributed by atoms with van der Waals surface area (Å²) in [6, 6.07) is 0. The molecule has 0 aromatic carbocycles. The minimum atomic E-state index is -1.39. The zero-order valence-corrected chi connectivity index (χ0v) is 21.5. The number of ketones is 1. The second-order valence-electron chi connectivity index (χ2n) is 13.0. The van der Waals surface area contributed by atoms with Gasteiger partial charge in [-0.25, -0.2) is 0 Å². The molecule has 4 rings (SSSR count). The van der Waals surface area contributed by atoms with E-state index in [9.17, 15) is 15.0 Å². The smallest absolute Gasteiger partial charge is 0.187 e. The SMILES string of the molecule is CC[C@H](CC[C@@H](C)[C@H]1CC[C@H]2C3=CC(=O)[C@@]4(O)C[C@@H](O)CC[C@]4(C)[C@H]3CC[C@]12C)C(C)C. The molecule has 0 spiro atoms. The number of allylic oxidation sites excluding steroid dienone is 1. The third-order valence-electron chi connectivity index (χ3n) is 11.3. The Balaban J connectivity index is 1.56. The Morgan fingerprint density at radius 3 is 2.41 bits per heavy atom.